The van der Waals surface area contributed by atoms with E-state index in [0.29, 0.717) is 0 Å². The average Bonchev–Trinajstić information content (AvgIpc) is 2.14. The number of hydrogen-bond donors (Lipinski definition) is 2. The Kier molecular flexibility index (Phi) is 7.39. The van der Waals surface area contributed by atoms with E-state index < -0.39 is 0 Å². The number of nitrogens with one attached hydrogen (secondary N) is 2. The number of likely N-dealkylation sites (N-methyl/N-ethyl adjacent to an activating group) is 2. The SMILES string of the molecule is CCCCNC(=O)N(C)CCNC. The molecule has 0 aliphatic heterocycles. The maximum absolute atomic E-state index is 11.3. The maximum Gasteiger partial charge on any atom is 0.317 e. The van der Waals surface area contributed by atoms with E-state index in [1.165, 1.54) is 0 Å². The molecule has 0 spiro atoms. The number of amides is 2. The Labute approximate surface area is 80.7 Å². The lowest BCUT2D eigenvalue weighted by Gasteiger charge is -2.17. The van der Waals surface area contributed by atoms with Crippen LogP contribution in [0.3, 0.4) is 0 Å². The van der Waals surface area contributed by atoms with Crippen LogP contribution in [0.2, 0.25) is 0 Å². The highest BCUT2D eigenvalue weighted by atomic mass is 16.2. The van der Waals surface area contributed by atoms with Gasteiger partial charge in [0.05, 0.1) is 0 Å². The molecule has 2 amide bonds. The summed E-state index contributed by atoms with van der Waals surface area (Å²) in [5, 5.41) is 5.85. The molecule has 0 fully saturated rings. The molecule has 0 heterocycles. The molecule has 2 N–H and O–H groups in total. The summed E-state index contributed by atoms with van der Waals surface area (Å²) in [7, 11) is 3.68. The zero-order chi connectivity index (χ0) is 10.1. The summed E-state index contributed by atoms with van der Waals surface area (Å²) in [5.41, 5.74) is 0. The number of carbonyl (C=O) groups is 1. The molecule has 0 aromatic rings. The molecule has 0 aliphatic carbocycles. The molecule has 0 radical (unpaired) electrons. The smallest absolute Gasteiger partial charge is 0.317 e. The van der Waals surface area contributed by atoms with E-state index in [1.54, 1.807) is 11.9 Å². The van der Waals surface area contributed by atoms with Crippen molar-refractivity contribution in [2.75, 3.05) is 33.7 Å². The van der Waals surface area contributed by atoms with E-state index in [2.05, 4.69) is 17.6 Å². The van der Waals surface area contributed by atoms with E-state index >= 15 is 0 Å². The van der Waals surface area contributed by atoms with Crippen molar-refractivity contribution in [1.82, 2.24) is 15.5 Å². The predicted molar refractivity (Wildman–Crippen MR) is 54.9 cm³/mol. The van der Waals surface area contributed by atoms with Crippen molar-refractivity contribution in [3.63, 3.8) is 0 Å². The van der Waals surface area contributed by atoms with Crippen LogP contribution in [0.1, 0.15) is 19.8 Å². The quantitative estimate of drug-likeness (QED) is 0.600. The molecule has 0 aromatic carbocycles. The number of unbranched alkanes of at least 4 members (excludes halogenated alkanes) is 1. The van der Waals surface area contributed by atoms with Gasteiger partial charge in [-0.05, 0) is 13.5 Å². The Morgan fingerprint density at radius 2 is 2.08 bits per heavy atom. The minimum Gasteiger partial charge on any atom is -0.338 e. The van der Waals surface area contributed by atoms with Gasteiger partial charge in [0.15, 0.2) is 0 Å². The van der Waals surface area contributed by atoms with Gasteiger partial charge in [0.25, 0.3) is 0 Å². The summed E-state index contributed by atoms with van der Waals surface area (Å²) in [4.78, 5) is 13.0. The van der Waals surface area contributed by atoms with Gasteiger partial charge in [-0.2, -0.15) is 0 Å². The van der Waals surface area contributed by atoms with Crippen LogP contribution >= 0.6 is 0 Å². The van der Waals surface area contributed by atoms with Gasteiger partial charge in [0.1, 0.15) is 0 Å². The molecule has 4 nitrogen and oxygen atoms in total. The second-order valence-corrected chi connectivity index (χ2v) is 3.11. The minimum absolute atomic E-state index is 0.0173. The standard InChI is InChI=1S/C9H21N3O/c1-4-5-6-11-9(13)12(3)8-7-10-2/h10H,4-8H2,1-3H3,(H,11,13). The molecule has 0 aliphatic rings. The molecular weight excluding hydrogens is 166 g/mol. The minimum atomic E-state index is 0.0173. The molecule has 0 saturated heterocycles. The summed E-state index contributed by atoms with van der Waals surface area (Å²) in [6.07, 6.45) is 2.16. The first-order valence-electron chi connectivity index (χ1n) is 4.86. The highest BCUT2D eigenvalue weighted by Gasteiger charge is 2.05. The van der Waals surface area contributed by atoms with E-state index in [4.69, 9.17) is 0 Å². The van der Waals surface area contributed by atoms with Crippen molar-refractivity contribution >= 4 is 6.03 Å². The van der Waals surface area contributed by atoms with Crippen molar-refractivity contribution in [3.8, 4) is 0 Å². The third kappa shape index (κ3) is 6.40. The van der Waals surface area contributed by atoms with Crippen molar-refractivity contribution in [1.29, 1.82) is 0 Å². The Bertz CT molecular complexity index is 139. The van der Waals surface area contributed by atoms with Gasteiger partial charge < -0.3 is 15.5 Å². The molecule has 0 bridgehead atoms. The van der Waals surface area contributed by atoms with Crippen molar-refractivity contribution < 1.29 is 4.79 Å². The Morgan fingerprint density at radius 3 is 2.62 bits per heavy atom. The first kappa shape index (κ1) is 12.2. The maximum atomic E-state index is 11.3. The van der Waals surface area contributed by atoms with Gasteiger partial charge in [-0.15, -0.1) is 0 Å². The number of urea groups is 1. The zero-order valence-electron chi connectivity index (χ0n) is 8.89. The third-order valence-electron chi connectivity index (χ3n) is 1.85. The molecule has 78 valence electrons. The van der Waals surface area contributed by atoms with Crippen molar-refractivity contribution in [3.05, 3.63) is 0 Å². The van der Waals surface area contributed by atoms with E-state index in [0.717, 1.165) is 32.5 Å². The summed E-state index contributed by atoms with van der Waals surface area (Å²) in [6.45, 7) is 4.46. The summed E-state index contributed by atoms with van der Waals surface area (Å²) < 4.78 is 0. The second kappa shape index (κ2) is 7.86. The lowest BCUT2D eigenvalue weighted by molar-refractivity contribution is 0.209. The monoisotopic (exact) mass is 187 g/mol. The van der Waals surface area contributed by atoms with E-state index in [1.807, 2.05) is 7.05 Å². The fraction of sp³-hybridized carbons (Fsp3) is 0.889. The van der Waals surface area contributed by atoms with Crippen LogP contribution in [0.5, 0.6) is 0 Å². The van der Waals surface area contributed by atoms with Crippen LogP contribution in [0.4, 0.5) is 4.79 Å². The topological polar surface area (TPSA) is 44.4 Å². The van der Waals surface area contributed by atoms with Crippen LogP contribution in [-0.2, 0) is 0 Å². The normalized spacial score (nSPS) is 9.77. The van der Waals surface area contributed by atoms with Crippen LogP contribution in [-0.4, -0.2) is 44.7 Å². The van der Waals surface area contributed by atoms with Gasteiger partial charge >= 0.3 is 6.03 Å². The largest absolute Gasteiger partial charge is 0.338 e. The van der Waals surface area contributed by atoms with Crippen LogP contribution in [0.15, 0.2) is 0 Å². The molecular formula is C9H21N3O. The molecule has 4 heteroatoms. The van der Waals surface area contributed by atoms with Crippen LogP contribution in [0.25, 0.3) is 0 Å². The van der Waals surface area contributed by atoms with Crippen molar-refractivity contribution in [2.45, 2.75) is 19.8 Å². The van der Waals surface area contributed by atoms with Gasteiger partial charge in [-0.3, -0.25) is 0 Å². The highest BCUT2D eigenvalue weighted by Crippen LogP contribution is 1.86. The Balaban J connectivity index is 3.45. The van der Waals surface area contributed by atoms with E-state index in [-0.39, 0.29) is 6.03 Å². The number of nitrogens with zero attached hydrogens (tertiary/aromatic N) is 1. The number of carbonyl (C=O) groups excluding carboxylic acids is 1. The lowest BCUT2D eigenvalue weighted by atomic mass is 10.3. The Morgan fingerprint density at radius 1 is 1.38 bits per heavy atom. The van der Waals surface area contributed by atoms with Gasteiger partial charge in [0.2, 0.25) is 0 Å². The number of hydrogen-bond acceptors (Lipinski definition) is 2. The Hall–Kier alpha value is -0.770. The first-order chi connectivity index (χ1) is 6.22. The molecule has 0 unspecified atom stereocenters. The van der Waals surface area contributed by atoms with Crippen molar-refractivity contribution in [2.24, 2.45) is 0 Å². The molecule has 13 heavy (non-hydrogen) atoms. The predicted octanol–water partition coefficient (Wildman–Crippen LogP) is 0.647. The van der Waals surface area contributed by atoms with Gasteiger partial charge in [0, 0.05) is 26.7 Å². The number of rotatable bonds is 6. The molecule has 0 aromatic heterocycles. The second-order valence-electron chi connectivity index (χ2n) is 3.11. The van der Waals surface area contributed by atoms with Crippen LogP contribution < -0.4 is 10.6 Å². The van der Waals surface area contributed by atoms with Gasteiger partial charge in [-0.25, -0.2) is 4.79 Å². The zero-order valence-corrected chi connectivity index (χ0v) is 8.89. The average molecular weight is 187 g/mol. The molecule has 0 rings (SSSR count). The third-order valence-corrected chi connectivity index (χ3v) is 1.85. The highest BCUT2D eigenvalue weighted by molar-refractivity contribution is 5.73. The van der Waals surface area contributed by atoms with Crippen LogP contribution in [0, 0.1) is 0 Å². The molecule has 0 saturated carbocycles. The lowest BCUT2D eigenvalue weighted by Crippen LogP contribution is -2.40. The van der Waals surface area contributed by atoms with E-state index in [9.17, 15) is 4.79 Å². The fourth-order valence-corrected chi connectivity index (χ4v) is 0.888. The van der Waals surface area contributed by atoms with Gasteiger partial charge in [-0.1, -0.05) is 13.3 Å². The molecule has 0 atom stereocenters. The summed E-state index contributed by atoms with van der Waals surface area (Å²) in [6, 6.07) is 0.0173. The summed E-state index contributed by atoms with van der Waals surface area (Å²) in [5.74, 6) is 0. The summed E-state index contributed by atoms with van der Waals surface area (Å²) >= 11 is 0. The fourth-order valence-electron chi connectivity index (χ4n) is 0.888. The first-order valence-corrected chi connectivity index (χ1v) is 4.86.